The van der Waals surface area contributed by atoms with Crippen molar-refractivity contribution < 1.29 is 43.7 Å². The van der Waals surface area contributed by atoms with Crippen LogP contribution in [0.15, 0.2) is 24.3 Å². The fourth-order valence-corrected chi connectivity index (χ4v) is 4.49. The molecule has 3 aromatic heterocycles. The van der Waals surface area contributed by atoms with Gasteiger partial charge in [-0.15, -0.1) is 0 Å². The lowest BCUT2D eigenvalue weighted by Crippen LogP contribution is -2.41. The Morgan fingerprint density at radius 2 is 1.03 bits per heavy atom. The minimum atomic E-state index is -6.00. The van der Waals surface area contributed by atoms with Crippen LogP contribution in [0.3, 0.4) is 0 Å². The molecule has 0 atom stereocenters. The molecule has 0 unspecified atom stereocenters. The average Bonchev–Trinajstić information content (AvgIpc) is 3.05. The number of aryl methyl sites for hydroxylation is 7. The molecule has 3 heterocycles. The van der Waals surface area contributed by atoms with Gasteiger partial charge in [0.1, 0.15) is 11.4 Å². The lowest BCUT2D eigenvalue weighted by Gasteiger charge is -2.04. The van der Waals surface area contributed by atoms with Gasteiger partial charge in [-0.05, 0) is 67.4 Å². The summed E-state index contributed by atoms with van der Waals surface area (Å²) in [6.07, 6.45) is 0.900. The molecule has 15 heteroatoms. The summed E-state index contributed by atoms with van der Waals surface area (Å²) >= 11 is 1.68. The van der Waals surface area contributed by atoms with Crippen molar-refractivity contribution in [3.8, 4) is 5.13 Å². The summed E-state index contributed by atoms with van der Waals surface area (Å²) in [7, 11) is -12.0. The Kier molecular flexibility index (Phi) is 10.8. The van der Waals surface area contributed by atoms with Gasteiger partial charge >= 0.3 is 19.6 Å². The second-order valence-corrected chi connectivity index (χ2v) is 8.88. The first-order valence-electron chi connectivity index (χ1n) is 10.4. The van der Waals surface area contributed by atoms with E-state index in [1.165, 1.54) is 33.9 Å². The Morgan fingerprint density at radius 3 is 1.43 bits per heavy atom. The Bertz CT molecular complexity index is 1060. The molecule has 0 aromatic carbocycles. The molecule has 0 saturated heterocycles. The Balaban J connectivity index is 0.000000519. The highest BCUT2D eigenvalue weighted by molar-refractivity contribution is 7.13. The molecule has 0 spiro atoms. The molecule has 0 aliphatic carbocycles. The molecule has 0 bridgehead atoms. The van der Waals surface area contributed by atoms with Gasteiger partial charge in [-0.1, -0.05) is 0 Å². The summed E-state index contributed by atoms with van der Waals surface area (Å²) in [6.45, 7) is 13.8. The molecule has 4 nitrogen and oxygen atoms in total. The third-order valence-corrected chi connectivity index (χ3v) is 5.47. The lowest BCUT2D eigenvalue weighted by molar-refractivity contribution is -0.708. The molecule has 0 amide bonds. The minimum absolute atomic E-state index is 0.900. The van der Waals surface area contributed by atoms with E-state index < -0.39 is 14.5 Å². The van der Waals surface area contributed by atoms with E-state index in [9.17, 15) is 34.5 Å². The van der Waals surface area contributed by atoms with Gasteiger partial charge in [0.05, 0.1) is 11.5 Å². The summed E-state index contributed by atoms with van der Waals surface area (Å²) in [6, 6.07) is 8.83. The normalized spacial score (nSPS) is 11.4. The van der Waals surface area contributed by atoms with Crippen molar-refractivity contribution in [1.29, 1.82) is 0 Å². The van der Waals surface area contributed by atoms with E-state index in [4.69, 9.17) is 0 Å². The molecule has 0 radical (unpaired) electrons. The average molecular weight is 528 g/mol. The predicted molar refractivity (Wildman–Crippen MR) is 121 cm³/mol. The zero-order valence-corrected chi connectivity index (χ0v) is 20.9. The molecular formula is C20H26B2F8N4S. The van der Waals surface area contributed by atoms with Crippen molar-refractivity contribution in [2.24, 2.45) is 0 Å². The van der Waals surface area contributed by atoms with Crippen molar-refractivity contribution in [1.82, 2.24) is 10.2 Å². The van der Waals surface area contributed by atoms with Crippen molar-refractivity contribution >= 4 is 25.8 Å². The fourth-order valence-electron chi connectivity index (χ4n) is 3.54. The van der Waals surface area contributed by atoms with Gasteiger partial charge in [-0.25, -0.2) is 0 Å². The maximum absolute atomic E-state index is 9.75. The molecule has 0 N–H and O–H groups in total. The maximum Gasteiger partial charge on any atom is 0.673 e. The van der Waals surface area contributed by atoms with Crippen LogP contribution < -0.4 is 9.13 Å². The van der Waals surface area contributed by atoms with Crippen LogP contribution in [0.5, 0.6) is 0 Å². The number of hydrogen-bond donors (Lipinski definition) is 0. The maximum atomic E-state index is 9.75. The second kappa shape index (κ2) is 12.4. The number of hydrogen-bond acceptors (Lipinski definition) is 3. The standard InChI is InChI=1S/C20H26N4S.2BF4/c1-13-9-15(3)23(16(4)10-13)8-7-19-21-22-20(25-19)24-17(5)11-14(2)12-18(24)6;2*2-1(3,4)5/h9-12H,7-8H2,1-6H3;;/q+2;2*-1. The molecule has 194 valence electrons. The van der Waals surface area contributed by atoms with Gasteiger partial charge in [-0.3, -0.25) is 0 Å². The first-order valence-corrected chi connectivity index (χ1v) is 11.2. The van der Waals surface area contributed by atoms with Crippen LogP contribution in [0.2, 0.25) is 0 Å². The smallest absolute Gasteiger partial charge is 0.418 e. The zero-order chi connectivity index (χ0) is 27.1. The van der Waals surface area contributed by atoms with Crippen LogP contribution in [-0.2, 0) is 13.0 Å². The topological polar surface area (TPSA) is 33.5 Å². The molecule has 35 heavy (non-hydrogen) atoms. The van der Waals surface area contributed by atoms with E-state index in [2.05, 4.69) is 85.1 Å². The number of nitrogens with zero attached hydrogens (tertiary/aromatic N) is 4. The quantitative estimate of drug-likeness (QED) is 0.244. The SMILES string of the molecule is Cc1cc(C)[n+](CCc2nnc(-[n+]3c(C)cc(C)cc3C)s2)c(C)c1.F[B-](F)(F)F.F[B-](F)(F)F. The fraction of sp³-hybridized carbons (Fsp3) is 0.400. The Labute approximate surface area is 202 Å². The molecule has 0 aliphatic heterocycles. The lowest BCUT2D eigenvalue weighted by atomic mass is 10.2. The van der Waals surface area contributed by atoms with Gasteiger partial charge in [0, 0.05) is 26.0 Å². The highest BCUT2D eigenvalue weighted by Gasteiger charge is 2.22. The van der Waals surface area contributed by atoms with Crippen molar-refractivity contribution in [3.63, 3.8) is 0 Å². The van der Waals surface area contributed by atoms with E-state index in [1.54, 1.807) is 11.3 Å². The Hall–Kier alpha value is -2.57. The van der Waals surface area contributed by atoms with Gasteiger partial charge in [-0.2, -0.15) is 9.13 Å². The van der Waals surface area contributed by atoms with Crippen LogP contribution >= 0.6 is 11.3 Å². The molecule has 3 aromatic rings. The largest absolute Gasteiger partial charge is 0.673 e. The first kappa shape index (κ1) is 30.5. The van der Waals surface area contributed by atoms with Crippen LogP contribution in [0.1, 0.15) is 38.9 Å². The van der Waals surface area contributed by atoms with E-state index in [0.29, 0.717) is 0 Å². The van der Waals surface area contributed by atoms with Crippen LogP contribution in [0.4, 0.5) is 34.5 Å². The molecule has 0 fully saturated rings. The van der Waals surface area contributed by atoms with Crippen molar-refractivity contribution in [2.75, 3.05) is 0 Å². The van der Waals surface area contributed by atoms with E-state index in [1.807, 2.05) is 0 Å². The summed E-state index contributed by atoms with van der Waals surface area (Å²) < 4.78 is 82.5. The summed E-state index contributed by atoms with van der Waals surface area (Å²) in [4.78, 5) is 0. The summed E-state index contributed by atoms with van der Waals surface area (Å²) in [5, 5.41) is 10.9. The third kappa shape index (κ3) is 12.1. The zero-order valence-electron chi connectivity index (χ0n) is 20.1. The first-order chi connectivity index (χ1) is 15.8. The highest BCUT2D eigenvalue weighted by Crippen LogP contribution is 2.14. The molecule has 0 saturated carbocycles. The molecule has 3 rings (SSSR count). The van der Waals surface area contributed by atoms with Crippen LogP contribution in [0.25, 0.3) is 5.13 Å². The molecular weight excluding hydrogens is 502 g/mol. The number of halogens is 8. The molecule has 0 aliphatic rings. The third-order valence-electron chi connectivity index (χ3n) is 4.50. The Morgan fingerprint density at radius 1 is 0.657 bits per heavy atom. The van der Waals surface area contributed by atoms with Crippen molar-refractivity contribution in [3.05, 3.63) is 63.2 Å². The van der Waals surface area contributed by atoms with Gasteiger partial charge in [0.25, 0.3) is 0 Å². The summed E-state index contributed by atoms with van der Waals surface area (Å²) in [5.41, 5.74) is 7.56. The predicted octanol–water partition coefficient (Wildman–Crippen LogP) is 5.80. The van der Waals surface area contributed by atoms with E-state index in [0.717, 1.165) is 23.1 Å². The number of aromatic nitrogens is 4. The van der Waals surface area contributed by atoms with Crippen molar-refractivity contribution in [2.45, 2.75) is 54.5 Å². The van der Waals surface area contributed by atoms with Gasteiger partial charge in [0.15, 0.2) is 22.9 Å². The monoisotopic (exact) mass is 528 g/mol. The van der Waals surface area contributed by atoms with Gasteiger partial charge < -0.3 is 34.5 Å². The van der Waals surface area contributed by atoms with E-state index in [-0.39, 0.29) is 0 Å². The number of pyridine rings is 2. The highest BCUT2D eigenvalue weighted by atomic mass is 32.1. The van der Waals surface area contributed by atoms with Crippen LogP contribution in [-0.4, -0.2) is 24.7 Å². The minimum Gasteiger partial charge on any atom is -0.418 e. The number of rotatable bonds is 4. The second-order valence-electron chi connectivity index (χ2n) is 7.84. The van der Waals surface area contributed by atoms with Crippen LogP contribution in [0, 0.1) is 41.5 Å². The summed E-state index contributed by atoms with van der Waals surface area (Å²) in [5.74, 6) is 0. The van der Waals surface area contributed by atoms with E-state index >= 15 is 0 Å². The van der Waals surface area contributed by atoms with Gasteiger partial charge in [0.2, 0.25) is 0 Å².